The number of primary amides is 1. The molecular weight excluding hydrogens is 354 g/mol. The summed E-state index contributed by atoms with van der Waals surface area (Å²) in [5.74, 6) is -0.502. The van der Waals surface area contributed by atoms with Crippen molar-refractivity contribution in [2.45, 2.75) is 32.7 Å². The zero-order chi connectivity index (χ0) is 20.3. The maximum atomic E-state index is 11.9. The predicted octanol–water partition coefficient (Wildman–Crippen LogP) is 4.66. The lowest BCUT2D eigenvalue weighted by Crippen LogP contribution is -2.14. The van der Waals surface area contributed by atoms with Crippen molar-refractivity contribution in [1.29, 1.82) is 0 Å². The standard InChI is InChI=1S/C22H23N3O3/c1-15(11-12-17-7-4-3-5-8-17)24-16(2)20(22(23)26)14-21(24)18-9-6-10-19(13-18)25(27)28/h3-10,13-15H,11-12H2,1-2H3,(H2,23,26). The second kappa shape index (κ2) is 8.08. The molecule has 6 heteroatoms. The largest absolute Gasteiger partial charge is 0.366 e. The number of amides is 1. The van der Waals surface area contributed by atoms with Gasteiger partial charge in [0.25, 0.3) is 11.6 Å². The predicted molar refractivity (Wildman–Crippen MR) is 109 cm³/mol. The highest BCUT2D eigenvalue weighted by Gasteiger charge is 2.21. The van der Waals surface area contributed by atoms with Gasteiger partial charge in [-0.3, -0.25) is 14.9 Å². The molecule has 0 fully saturated rings. The number of hydrogen-bond acceptors (Lipinski definition) is 3. The molecule has 3 aromatic rings. The first-order chi connectivity index (χ1) is 13.4. The van der Waals surface area contributed by atoms with Crippen LogP contribution < -0.4 is 5.73 Å². The van der Waals surface area contributed by atoms with E-state index in [0.29, 0.717) is 11.1 Å². The van der Waals surface area contributed by atoms with Gasteiger partial charge in [0, 0.05) is 35.1 Å². The normalized spacial score (nSPS) is 11.9. The summed E-state index contributed by atoms with van der Waals surface area (Å²) in [6.07, 6.45) is 1.75. The topological polar surface area (TPSA) is 91.2 Å². The highest BCUT2D eigenvalue weighted by Crippen LogP contribution is 2.32. The van der Waals surface area contributed by atoms with Crippen LogP contribution in [0.5, 0.6) is 0 Å². The maximum Gasteiger partial charge on any atom is 0.270 e. The fourth-order valence-electron chi connectivity index (χ4n) is 3.59. The second-order valence-electron chi connectivity index (χ2n) is 6.94. The summed E-state index contributed by atoms with van der Waals surface area (Å²) >= 11 is 0. The first kappa shape index (κ1) is 19.4. The Morgan fingerprint density at radius 3 is 2.50 bits per heavy atom. The minimum absolute atomic E-state index is 0.0143. The quantitative estimate of drug-likeness (QED) is 0.479. The summed E-state index contributed by atoms with van der Waals surface area (Å²) in [4.78, 5) is 22.6. The van der Waals surface area contributed by atoms with Crippen molar-refractivity contribution >= 4 is 11.6 Å². The molecular formula is C22H23N3O3. The van der Waals surface area contributed by atoms with Gasteiger partial charge >= 0.3 is 0 Å². The Bertz CT molecular complexity index is 1010. The summed E-state index contributed by atoms with van der Waals surface area (Å²) < 4.78 is 2.06. The Labute approximate surface area is 163 Å². The number of nitrogens with two attached hydrogens (primary N) is 1. The number of nitro groups is 1. The number of aryl methyl sites for hydroxylation is 1. The molecule has 1 heterocycles. The first-order valence-electron chi connectivity index (χ1n) is 9.19. The fourth-order valence-corrected chi connectivity index (χ4v) is 3.59. The fraction of sp³-hybridized carbons (Fsp3) is 0.227. The Morgan fingerprint density at radius 2 is 1.86 bits per heavy atom. The molecule has 0 radical (unpaired) electrons. The van der Waals surface area contributed by atoms with E-state index < -0.39 is 10.8 Å². The lowest BCUT2D eigenvalue weighted by molar-refractivity contribution is -0.384. The van der Waals surface area contributed by atoms with Gasteiger partial charge in [0.15, 0.2) is 0 Å². The molecule has 144 valence electrons. The van der Waals surface area contributed by atoms with Gasteiger partial charge in [-0.05, 0) is 38.3 Å². The second-order valence-corrected chi connectivity index (χ2v) is 6.94. The molecule has 0 saturated heterocycles. The van der Waals surface area contributed by atoms with E-state index in [9.17, 15) is 14.9 Å². The Kier molecular flexibility index (Phi) is 5.59. The van der Waals surface area contributed by atoms with Gasteiger partial charge in [0.1, 0.15) is 0 Å². The number of hydrogen-bond donors (Lipinski definition) is 1. The lowest BCUT2D eigenvalue weighted by Gasteiger charge is -2.20. The third-order valence-corrected chi connectivity index (χ3v) is 5.04. The third kappa shape index (κ3) is 3.96. The molecule has 0 bridgehead atoms. The van der Waals surface area contributed by atoms with Gasteiger partial charge in [-0.15, -0.1) is 0 Å². The van der Waals surface area contributed by atoms with E-state index in [1.165, 1.54) is 17.7 Å². The number of nitro benzene ring substituents is 1. The molecule has 0 spiro atoms. The zero-order valence-electron chi connectivity index (χ0n) is 16.0. The van der Waals surface area contributed by atoms with E-state index in [-0.39, 0.29) is 11.7 Å². The highest BCUT2D eigenvalue weighted by atomic mass is 16.6. The van der Waals surface area contributed by atoms with E-state index in [1.54, 1.807) is 12.1 Å². The zero-order valence-corrected chi connectivity index (χ0v) is 16.0. The van der Waals surface area contributed by atoms with E-state index in [0.717, 1.165) is 24.2 Å². The van der Waals surface area contributed by atoms with Crippen LogP contribution in [-0.2, 0) is 6.42 Å². The van der Waals surface area contributed by atoms with E-state index in [2.05, 4.69) is 23.6 Å². The van der Waals surface area contributed by atoms with Gasteiger partial charge in [0.05, 0.1) is 10.5 Å². The monoisotopic (exact) mass is 377 g/mol. The van der Waals surface area contributed by atoms with Crippen molar-refractivity contribution < 1.29 is 9.72 Å². The summed E-state index contributed by atoms with van der Waals surface area (Å²) in [5.41, 5.74) is 9.48. The molecule has 3 rings (SSSR count). The Balaban J connectivity index is 2.00. The van der Waals surface area contributed by atoms with Crippen LogP contribution in [0.4, 0.5) is 5.69 Å². The molecule has 1 atom stereocenters. The molecule has 28 heavy (non-hydrogen) atoms. The Hall–Kier alpha value is -3.41. The minimum Gasteiger partial charge on any atom is -0.366 e. The summed E-state index contributed by atoms with van der Waals surface area (Å²) in [7, 11) is 0. The summed E-state index contributed by atoms with van der Waals surface area (Å²) in [6.45, 7) is 3.95. The van der Waals surface area contributed by atoms with Crippen LogP contribution in [0.2, 0.25) is 0 Å². The molecule has 0 saturated carbocycles. The van der Waals surface area contributed by atoms with Crippen LogP contribution >= 0.6 is 0 Å². The van der Waals surface area contributed by atoms with Crippen molar-refractivity contribution in [2.75, 3.05) is 0 Å². The van der Waals surface area contributed by atoms with Gasteiger partial charge in [0.2, 0.25) is 0 Å². The van der Waals surface area contributed by atoms with Crippen LogP contribution in [0.3, 0.4) is 0 Å². The number of nitrogens with zero attached hydrogens (tertiary/aromatic N) is 2. The number of non-ortho nitro benzene ring substituents is 1. The molecule has 2 N–H and O–H groups in total. The maximum absolute atomic E-state index is 11.9. The average Bonchev–Trinajstić information content (AvgIpc) is 3.04. The molecule has 6 nitrogen and oxygen atoms in total. The SMILES string of the molecule is Cc1c(C(N)=O)cc(-c2cccc([N+](=O)[O-])c2)n1C(C)CCc1ccccc1. The van der Waals surface area contributed by atoms with Crippen molar-refractivity contribution in [3.05, 3.63) is 87.6 Å². The summed E-state index contributed by atoms with van der Waals surface area (Å²) in [5, 5.41) is 11.2. The molecule has 2 aromatic carbocycles. The molecule has 0 aliphatic carbocycles. The molecule has 1 aromatic heterocycles. The molecule has 0 aliphatic heterocycles. The van der Waals surface area contributed by atoms with Crippen molar-refractivity contribution in [1.82, 2.24) is 4.57 Å². The number of rotatable bonds is 7. The van der Waals surface area contributed by atoms with Crippen molar-refractivity contribution in [3.8, 4) is 11.3 Å². The van der Waals surface area contributed by atoms with Crippen LogP contribution in [0.25, 0.3) is 11.3 Å². The number of benzene rings is 2. The van der Waals surface area contributed by atoms with Crippen LogP contribution in [0.1, 0.15) is 41.0 Å². The van der Waals surface area contributed by atoms with Gasteiger partial charge in [-0.1, -0.05) is 42.5 Å². The summed E-state index contributed by atoms with van der Waals surface area (Å²) in [6, 6.07) is 18.5. The van der Waals surface area contributed by atoms with Crippen molar-refractivity contribution in [3.63, 3.8) is 0 Å². The lowest BCUT2D eigenvalue weighted by atomic mass is 10.0. The van der Waals surface area contributed by atoms with Crippen LogP contribution in [0.15, 0.2) is 60.7 Å². The van der Waals surface area contributed by atoms with E-state index in [4.69, 9.17) is 5.73 Å². The van der Waals surface area contributed by atoms with Crippen LogP contribution in [0, 0.1) is 17.0 Å². The first-order valence-corrected chi connectivity index (χ1v) is 9.19. The number of carbonyl (C=O) groups excluding carboxylic acids is 1. The van der Waals surface area contributed by atoms with Gasteiger partial charge in [-0.2, -0.15) is 0 Å². The molecule has 1 amide bonds. The van der Waals surface area contributed by atoms with Gasteiger partial charge in [-0.25, -0.2) is 0 Å². The van der Waals surface area contributed by atoms with E-state index in [1.807, 2.05) is 31.2 Å². The highest BCUT2D eigenvalue weighted by molar-refractivity contribution is 5.95. The van der Waals surface area contributed by atoms with Gasteiger partial charge < -0.3 is 10.3 Å². The minimum atomic E-state index is -0.502. The number of carbonyl (C=O) groups is 1. The van der Waals surface area contributed by atoms with E-state index >= 15 is 0 Å². The smallest absolute Gasteiger partial charge is 0.270 e. The number of aromatic nitrogens is 1. The molecule has 1 unspecified atom stereocenters. The third-order valence-electron chi connectivity index (χ3n) is 5.04. The molecule has 0 aliphatic rings. The van der Waals surface area contributed by atoms with Crippen molar-refractivity contribution in [2.24, 2.45) is 5.73 Å². The Morgan fingerprint density at radius 1 is 1.14 bits per heavy atom. The average molecular weight is 377 g/mol. The van der Waals surface area contributed by atoms with Crippen LogP contribution in [-0.4, -0.2) is 15.4 Å².